The normalized spacial score (nSPS) is 11.3. The summed E-state index contributed by atoms with van der Waals surface area (Å²) in [6, 6.07) is 1.96. The Balaban J connectivity index is 2.71. The third-order valence-electron chi connectivity index (χ3n) is 1.87. The molecule has 0 bridgehead atoms. The lowest BCUT2D eigenvalue weighted by molar-refractivity contribution is 1.19. The van der Waals surface area contributed by atoms with Gasteiger partial charge in [0.2, 0.25) is 0 Å². The zero-order valence-corrected chi connectivity index (χ0v) is 6.15. The molecular formula is C8H5N4. The Morgan fingerprint density at radius 2 is 2.50 bits per heavy atom. The number of aromatic amines is 1. The number of nitrogens with zero attached hydrogens (tertiary/aromatic N) is 3. The fraction of sp³-hybridized carbons (Fsp3) is 0. The Morgan fingerprint density at radius 3 is 3.50 bits per heavy atom. The van der Waals surface area contributed by atoms with Crippen molar-refractivity contribution in [1.29, 1.82) is 0 Å². The number of aromatic nitrogens is 4. The van der Waals surface area contributed by atoms with Gasteiger partial charge in [0.25, 0.3) is 0 Å². The molecule has 0 fully saturated rings. The molecule has 0 spiro atoms. The molecule has 0 amide bonds. The lowest BCUT2D eigenvalue weighted by atomic mass is 10.5. The molecule has 4 heteroatoms. The molecule has 4 nitrogen and oxygen atoms in total. The van der Waals surface area contributed by atoms with Crippen LogP contribution in [-0.4, -0.2) is 19.4 Å². The van der Waals surface area contributed by atoms with Crippen LogP contribution in [0.25, 0.3) is 16.8 Å². The molecule has 0 aliphatic carbocycles. The average molecular weight is 157 g/mol. The van der Waals surface area contributed by atoms with Crippen LogP contribution in [0.3, 0.4) is 0 Å². The van der Waals surface area contributed by atoms with E-state index < -0.39 is 0 Å². The number of hydrogen-bond acceptors (Lipinski definition) is 2. The van der Waals surface area contributed by atoms with Crippen LogP contribution in [0.2, 0.25) is 0 Å². The van der Waals surface area contributed by atoms with Crippen LogP contribution >= 0.6 is 0 Å². The minimum absolute atomic E-state index is 0.752. The summed E-state index contributed by atoms with van der Waals surface area (Å²) in [5.74, 6) is 0. The van der Waals surface area contributed by atoms with Gasteiger partial charge in [-0.05, 0) is 6.07 Å². The van der Waals surface area contributed by atoms with Crippen LogP contribution in [-0.2, 0) is 0 Å². The molecule has 0 aromatic carbocycles. The van der Waals surface area contributed by atoms with Crippen molar-refractivity contribution in [2.45, 2.75) is 0 Å². The Bertz CT molecular complexity index is 484. The number of hydrogen-bond donors (Lipinski definition) is 1. The fourth-order valence-electron chi connectivity index (χ4n) is 1.32. The van der Waals surface area contributed by atoms with Gasteiger partial charge in [-0.25, -0.2) is 9.97 Å². The highest BCUT2D eigenvalue weighted by molar-refractivity contribution is 5.73. The van der Waals surface area contributed by atoms with Crippen LogP contribution in [0.15, 0.2) is 24.7 Å². The summed E-state index contributed by atoms with van der Waals surface area (Å²) in [5.41, 5.74) is 2.61. The molecule has 12 heavy (non-hydrogen) atoms. The number of H-pyrrole nitrogens is 1. The van der Waals surface area contributed by atoms with E-state index in [1.165, 1.54) is 0 Å². The molecule has 0 unspecified atom stereocenters. The number of fused-ring (bicyclic) bond motifs is 3. The van der Waals surface area contributed by atoms with Crippen molar-refractivity contribution < 1.29 is 0 Å². The highest BCUT2D eigenvalue weighted by Gasteiger charge is 2.00. The molecule has 57 valence electrons. The Morgan fingerprint density at radius 1 is 1.50 bits per heavy atom. The Kier molecular flexibility index (Phi) is 0.889. The average Bonchev–Trinajstić information content (AvgIpc) is 2.71. The van der Waals surface area contributed by atoms with Gasteiger partial charge in [-0.15, -0.1) is 0 Å². The minimum Gasteiger partial charge on any atom is -0.345 e. The summed E-state index contributed by atoms with van der Waals surface area (Å²) in [4.78, 5) is 11.2. The molecular weight excluding hydrogens is 152 g/mol. The van der Waals surface area contributed by atoms with Crippen molar-refractivity contribution in [1.82, 2.24) is 19.4 Å². The van der Waals surface area contributed by atoms with Crippen molar-refractivity contribution >= 4 is 16.8 Å². The zero-order valence-electron chi connectivity index (χ0n) is 6.15. The van der Waals surface area contributed by atoms with Crippen LogP contribution < -0.4 is 0 Å². The molecule has 0 atom stereocenters. The largest absolute Gasteiger partial charge is 0.345 e. The minimum atomic E-state index is 0.752. The molecule has 1 N–H and O–H groups in total. The summed E-state index contributed by atoms with van der Waals surface area (Å²) in [6.45, 7) is 0. The third kappa shape index (κ3) is 0.567. The van der Waals surface area contributed by atoms with Crippen LogP contribution in [0.1, 0.15) is 0 Å². The Labute approximate surface area is 67.9 Å². The van der Waals surface area contributed by atoms with E-state index in [0.29, 0.717) is 0 Å². The lowest BCUT2D eigenvalue weighted by Crippen LogP contribution is -1.87. The first-order chi connectivity index (χ1) is 5.95. The monoisotopic (exact) mass is 157 g/mol. The molecule has 0 saturated heterocycles. The number of nitrogens with one attached hydrogen (secondary N) is 1. The van der Waals surface area contributed by atoms with E-state index in [-0.39, 0.29) is 0 Å². The topological polar surface area (TPSA) is 46.0 Å². The quantitative estimate of drug-likeness (QED) is 0.529. The second-order valence-corrected chi connectivity index (χ2v) is 2.56. The Hall–Kier alpha value is -1.84. The van der Waals surface area contributed by atoms with Crippen LogP contribution in [0, 0.1) is 6.20 Å². The van der Waals surface area contributed by atoms with Crippen molar-refractivity contribution in [2.24, 2.45) is 0 Å². The molecule has 1 radical (unpaired) electrons. The molecule has 3 aromatic rings. The SMILES string of the molecule is [c]1nc2[nH]ccc2n2ccnc12. The van der Waals surface area contributed by atoms with Crippen molar-refractivity contribution in [2.75, 3.05) is 0 Å². The van der Waals surface area contributed by atoms with E-state index >= 15 is 0 Å². The van der Waals surface area contributed by atoms with E-state index in [1.807, 2.05) is 22.9 Å². The summed E-state index contributed by atoms with van der Waals surface area (Å²) < 4.78 is 1.94. The van der Waals surface area contributed by atoms with Gasteiger partial charge in [-0.1, -0.05) is 0 Å². The highest BCUT2D eigenvalue weighted by Crippen LogP contribution is 2.10. The maximum atomic E-state index is 4.08. The van der Waals surface area contributed by atoms with Gasteiger partial charge in [-0.3, -0.25) is 4.40 Å². The molecule has 3 aromatic heterocycles. The molecule has 3 heterocycles. The predicted molar refractivity (Wildman–Crippen MR) is 43.7 cm³/mol. The van der Waals surface area contributed by atoms with E-state index in [4.69, 9.17) is 0 Å². The standard InChI is InChI=1S/C8H5N4/c1-2-10-8-6(1)12-4-3-9-7(12)5-11-8/h1-4,10H. The molecule has 3 rings (SSSR count). The van der Waals surface area contributed by atoms with Gasteiger partial charge < -0.3 is 4.98 Å². The smallest absolute Gasteiger partial charge is 0.165 e. The van der Waals surface area contributed by atoms with Gasteiger partial charge in [0.1, 0.15) is 6.20 Å². The molecule has 0 saturated carbocycles. The summed E-state index contributed by atoms with van der Waals surface area (Å²) in [5, 5.41) is 0. The lowest BCUT2D eigenvalue weighted by Gasteiger charge is -1.92. The van der Waals surface area contributed by atoms with E-state index in [1.54, 1.807) is 6.20 Å². The second kappa shape index (κ2) is 1.85. The fourth-order valence-corrected chi connectivity index (χ4v) is 1.32. The predicted octanol–water partition coefficient (Wildman–Crippen LogP) is 1.01. The maximum absolute atomic E-state index is 4.08. The van der Waals surface area contributed by atoms with Gasteiger partial charge in [0.15, 0.2) is 11.3 Å². The van der Waals surface area contributed by atoms with Gasteiger partial charge in [0, 0.05) is 18.6 Å². The van der Waals surface area contributed by atoms with Crippen LogP contribution in [0.4, 0.5) is 0 Å². The summed E-state index contributed by atoms with van der Waals surface area (Å²) >= 11 is 0. The zero-order chi connectivity index (χ0) is 7.97. The molecule has 0 aliphatic heterocycles. The van der Waals surface area contributed by atoms with Crippen LogP contribution in [0.5, 0.6) is 0 Å². The van der Waals surface area contributed by atoms with Gasteiger partial charge in [-0.2, -0.15) is 0 Å². The van der Waals surface area contributed by atoms with E-state index in [9.17, 15) is 0 Å². The number of imidazole rings is 1. The van der Waals surface area contributed by atoms with Gasteiger partial charge >= 0.3 is 0 Å². The highest BCUT2D eigenvalue weighted by atomic mass is 15.0. The maximum Gasteiger partial charge on any atom is 0.165 e. The first-order valence-electron chi connectivity index (χ1n) is 3.63. The van der Waals surface area contributed by atoms with Crippen molar-refractivity contribution in [3.05, 3.63) is 30.9 Å². The summed E-state index contributed by atoms with van der Waals surface area (Å²) in [7, 11) is 0. The van der Waals surface area contributed by atoms with Crippen molar-refractivity contribution in [3.63, 3.8) is 0 Å². The first kappa shape index (κ1) is 5.77. The van der Waals surface area contributed by atoms with Crippen molar-refractivity contribution in [3.8, 4) is 0 Å². The third-order valence-corrected chi connectivity index (χ3v) is 1.87. The molecule has 0 aliphatic rings. The van der Waals surface area contributed by atoms with Gasteiger partial charge in [0.05, 0.1) is 5.52 Å². The summed E-state index contributed by atoms with van der Waals surface area (Å²) in [6.07, 6.45) is 8.31. The second-order valence-electron chi connectivity index (χ2n) is 2.56. The first-order valence-corrected chi connectivity index (χ1v) is 3.63. The van der Waals surface area contributed by atoms with E-state index in [0.717, 1.165) is 16.8 Å². The number of rotatable bonds is 0. The van der Waals surface area contributed by atoms with E-state index in [2.05, 4.69) is 21.1 Å².